The van der Waals surface area contributed by atoms with Crippen molar-refractivity contribution in [3.05, 3.63) is 29.8 Å². The predicted molar refractivity (Wildman–Crippen MR) is 110 cm³/mol. The number of amides is 2. The highest BCUT2D eigenvalue weighted by Gasteiger charge is 2.44. The lowest BCUT2D eigenvalue weighted by Gasteiger charge is -2.45. The molecule has 150 valence electrons. The molecule has 5 nitrogen and oxygen atoms in total. The summed E-state index contributed by atoms with van der Waals surface area (Å²) in [6.07, 6.45) is 3.61. The van der Waals surface area contributed by atoms with Gasteiger partial charge in [-0.05, 0) is 48.3 Å². The molecule has 3 aliphatic heterocycles. The highest BCUT2D eigenvalue weighted by Crippen LogP contribution is 2.39. The molecule has 5 heteroatoms. The lowest BCUT2D eigenvalue weighted by Crippen LogP contribution is -2.52. The third kappa shape index (κ3) is 4.40. The van der Waals surface area contributed by atoms with Crippen molar-refractivity contribution < 1.29 is 9.90 Å². The molecule has 0 spiro atoms. The Morgan fingerprint density at radius 3 is 2.56 bits per heavy atom. The van der Waals surface area contributed by atoms with Gasteiger partial charge in [-0.2, -0.15) is 0 Å². The van der Waals surface area contributed by atoms with Gasteiger partial charge in [-0.15, -0.1) is 0 Å². The number of fused-ring (bicyclic) bond motifs is 4. The van der Waals surface area contributed by atoms with E-state index >= 15 is 0 Å². The van der Waals surface area contributed by atoms with E-state index in [9.17, 15) is 4.79 Å². The van der Waals surface area contributed by atoms with Gasteiger partial charge in [0, 0.05) is 37.9 Å². The molecule has 3 saturated heterocycles. The van der Waals surface area contributed by atoms with Gasteiger partial charge >= 0.3 is 6.03 Å². The number of urea groups is 1. The third-order valence-corrected chi connectivity index (χ3v) is 6.64. The second-order valence-electron chi connectivity index (χ2n) is 8.33. The molecule has 0 aliphatic carbocycles. The molecule has 1 aromatic rings. The summed E-state index contributed by atoms with van der Waals surface area (Å²) >= 11 is 0. The van der Waals surface area contributed by atoms with Gasteiger partial charge in [-0.1, -0.05) is 39.3 Å². The first-order chi connectivity index (χ1) is 13.0. The van der Waals surface area contributed by atoms with Crippen LogP contribution in [0.4, 0.5) is 10.5 Å². The minimum absolute atomic E-state index is 0.0181. The monoisotopic (exact) mass is 373 g/mol. The van der Waals surface area contributed by atoms with E-state index in [4.69, 9.17) is 5.11 Å². The van der Waals surface area contributed by atoms with Crippen molar-refractivity contribution >= 4 is 11.7 Å². The van der Waals surface area contributed by atoms with Crippen LogP contribution in [-0.2, 0) is 6.42 Å². The van der Waals surface area contributed by atoms with Crippen molar-refractivity contribution in [1.82, 2.24) is 10.2 Å². The molecule has 3 fully saturated rings. The van der Waals surface area contributed by atoms with Crippen molar-refractivity contribution in [3.8, 4) is 0 Å². The number of aliphatic hydroxyl groups excluding tert-OH is 1. The molecule has 3 heterocycles. The van der Waals surface area contributed by atoms with Gasteiger partial charge in [0.25, 0.3) is 0 Å². The van der Waals surface area contributed by atoms with E-state index in [-0.39, 0.29) is 12.6 Å². The fourth-order valence-corrected chi connectivity index (χ4v) is 4.66. The molecule has 1 aromatic carbocycles. The predicted octanol–water partition coefficient (Wildman–Crippen LogP) is 3.12. The van der Waals surface area contributed by atoms with Crippen LogP contribution in [0.15, 0.2) is 24.3 Å². The number of benzene rings is 1. The molecular formula is C22H35N3O2. The zero-order valence-corrected chi connectivity index (χ0v) is 17.0. The number of unbranched alkanes of at least 4 members (excludes halogenated alkanes) is 1. The standard InChI is InChI=1S/C22H35N3O2/c1-4-5-6-18-7-9-20(10-8-18)25-14-19-13-24(22(27)23-11-12-26)15-21(25)17(3)16(19)2/h7-10,16-17,19,21,26H,4-6,11-15H2,1-3H3,(H,23,27)/t16?,17-,19+,21?/m0/s1. The number of aliphatic hydroxyl groups is 1. The number of carbonyl (C=O) groups excluding carboxylic acids is 1. The number of nitrogens with one attached hydrogen (secondary N) is 1. The van der Waals surface area contributed by atoms with Gasteiger partial charge in [0.2, 0.25) is 0 Å². The SMILES string of the molecule is CCCCc1ccc(N2C[C@H]3CN(C(=O)NCCO)CC2[C@@H](C)C3C)cc1. The molecule has 2 amide bonds. The number of nitrogens with zero attached hydrogens (tertiary/aromatic N) is 2. The van der Waals surface area contributed by atoms with E-state index in [1.165, 1.54) is 24.1 Å². The molecule has 4 rings (SSSR count). The Morgan fingerprint density at radius 1 is 1.15 bits per heavy atom. The smallest absolute Gasteiger partial charge is 0.317 e. The average molecular weight is 374 g/mol. The maximum absolute atomic E-state index is 12.5. The topological polar surface area (TPSA) is 55.8 Å². The van der Waals surface area contributed by atoms with Crippen LogP contribution in [0.5, 0.6) is 0 Å². The lowest BCUT2D eigenvalue weighted by atomic mass is 9.76. The number of rotatable bonds is 6. The summed E-state index contributed by atoms with van der Waals surface area (Å²) in [7, 11) is 0. The Morgan fingerprint density at radius 2 is 1.89 bits per heavy atom. The van der Waals surface area contributed by atoms with Gasteiger partial charge in [0.15, 0.2) is 0 Å². The Labute approximate surface area is 163 Å². The fraction of sp³-hybridized carbons (Fsp3) is 0.682. The maximum Gasteiger partial charge on any atom is 0.317 e. The van der Waals surface area contributed by atoms with Crippen LogP contribution in [0.3, 0.4) is 0 Å². The molecule has 2 bridgehead atoms. The quantitative estimate of drug-likeness (QED) is 0.805. The van der Waals surface area contributed by atoms with E-state index in [1.807, 2.05) is 4.90 Å². The highest BCUT2D eigenvalue weighted by molar-refractivity contribution is 5.74. The molecule has 0 radical (unpaired) electrons. The molecule has 2 unspecified atom stereocenters. The van der Waals surface area contributed by atoms with E-state index in [2.05, 4.69) is 55.3 Å². The Balaban J connectivity index is 1.77. The Bertz CT molecular complexity index is 618. The molecule has 2 N–H and O–H groups in total. The van der Waals surface area contributed by atoms with Gasteiger partial charge < -0.3 is 20.2 Å². The van der Waals surface area contributed by atoms with Crippen molar-refractivity contribution in [3.63, 3.8) is 0 Å². The van der Waals surface area contributed by atoms with E-state index in [1.54, 1.807) is 0 Å². The van der Waals surface area contributed by atoms with Gasteiger partial charge in [-0.25, -0.2) is 4.79 Å². The van der Waals surface area contributed by atoms with E-state index < -0.39 is 0 Å². The number of piperidine rings is 1. The summed E-state index contributed by atoms with van der Waals surface area (Å²) in [4.78, 5) is 17.0. The number of carbonyl (C=O) groups is 1. The normalized spacial score (nSPS) is 27.6. The number of anilines is 1. The second-order valence-corrected chi connectivity index (χ2v) is 8.33. The highest BCUT2D eigenvalue weighted by atomic mass is 16.3. The van der Waals surface area contributed by atoms with Crippen LogP contribution >= 0.6 is 0 Å². The molecular weight excluding hydrogens is 338 g/mol. The van der Waals surface area contributed by atoms with Crippen LogP contribution in [0, 0.1) is 17.8 Å². The maximum atomic E-state index is 12.5. The molecule has 4 atom stereocenters. The van der Waals surface area contributed by atoms with Crippen LogP contribution in [0.25, 0.3) is 0 Å². The second kappa shape index (κ2) is 8.96. The number of aryl methyl sites for hydroxylation is 1. The summed E-state index contributed by atoms with van der Waals surface area (Å²) in [5, 5.41) is 11.8. The zero-order chi connectivity index (χ0) is 19.4. The summed E-state index contributed by atoms with van der Waals surface area (Å²) in [6, 6.07) is 9.35. The summed E-state index contributed by atoms with van der Waals surface area (Å²) in [6.45, 7) is 9.75. The minimum atomic E-state index is -0.0443. The summed E-state index contributed by atoms with van der Waals surface area (Å²) in [5.74, 6) is 1.61. The largest absolute Gasteiger partial charge is 0.395 e. The summed E-state index contributed by atoms with van der Waals surface area (Å²) in [5.41, 5.74) is 2.69. The van der Waals surface area contributed by atoms with E-state index in [0.717, 1.165) is 26.1 Å². The molecule has 0 aromatic heterocycles. The van der Waals surface area contributed by atoms with Crippen LogP contribution in [-0.4, -0.2) is 54.9 Å². The fourth-order valence-electron chi connectivity index (χ4n) is 4.66. The van der Waals surface area contributed by atoms with Crippen molar-refractivity contribution in [2.45, 2.75) is 46.1 Å². The number of hydrogen-bond acceptors (Lipinski definition) is 3. The lowest BCUT2D eigenvalue weighted by molar-refractivity contribution is 0.187. The van der Waals surface area contributed by atoms with E-state index in [0.29, 0.717) is 30.3 Å². The molecule has 0 saturated carbocycles. The Hall–Kier alpha value is -1.75. The van der Waals surface area contributed by atoms with Gasteiger partial charge in [0.1, 0.15) is 0 Å². The molecule has 27 heavy (non-hydrogen) atoms. The third-order valence-electron chi connectivity index (χ3n) is 6.64. The first-order valence-electron chi connectivity index (χ1n) is 10.5. The van der Waals surface area contributed by atoms with Crippen molar-refractivity contribution in [1.29, 1.82) is 0 Å². The van der Waals surface area contributed by atoms with Gasteiger partial charge in [-0.3, -0.25) is 0 Å². The molecule has 3 aliphatic rings. The zero-order valence-electron chi connectivity index (χ0n) is 17.0. The van der Waals surface area contributed by atoms with Gasteiger partial charge in [0.05, 0.1) is 6.61 Å². The van der Waals surface area contributed by atoms with Crippen molar-refractivity contribution in [2.24, 2.45) is 17.8 Å². The van der Waals surface area contributed by atoms with Crippen LogP contribution < -0.4 is 10.2 Å². The van der Waals surface area contributed by atoms with Crippen molar-refractivity contribution in [2.75, 3.05) is 37.7 Å². The summed E-state index contributed by atoms with van der Waals surface area (Å²) < 4.78 is 0. The number of hydrogen-bond donors (Lipinski definition) is 2. The van der Waals surface area contributed by atoms with Crippen LogP contribution in [0.1, 0.15) is 39.2 Å². The first-order valence-corrected chi connectivity index (χ1v) is 10.5. The first kappa shape index (κ1) is 20.0. The van der Waals surface area contributed by atoms with Crippen LogP contribution in [0.2, 0.25) is 0 Å². The minimum Gasteiger partial charge on any atom is -0.395 e. The Kier molecular flexibility index (Phi) is 6.64. The average Bonchev–Trinajstić information content (AvgIpc) is 2.96.